The molecule has 2 fully saturated rings. The van der Waals surface area contributed by atoms with Crippen LogP contribution in [0.3, 0.4) is 0 Å². The van der Waals surface area contributed by atoms with E-state index in [1.54, 1.807) is 0 Å². The highest BCUT2D eigenvalue weighted by Crippen LogP contribution is 2.29. The lowest BCUT2D eigenvalue weighted by Gasteiger charge is -2.24. The van der Waals surface area contributed by atoms with Gasteiger partial charge in [-0.3, -0.25) is 0 Å². The molecule has 1 saturated carbocycles. The Morgan fingerprint density at radius 1 is 1.25 bits per heavy atom. The number of guanidine groups is 1. The molecule has 0 aromatic carbocycles. The van der Waals surface area contributed by atoms with Gasteiger partial charge in [-0.2, -0.15) is 0 Å². The van der Waals surface area contributed by atoms with Crippen LogP contribution >= 0.6 is 0 Å². The first-order valence-electron chi connectivity index (χ1n) is 11.0. The van der Waals surface area contributed by atoms with Crippen molar-refractivity contribution in [2.45, 2.75) is 46.6 Å². The molecule has 0 radical (unpaired) electrons. The van der Waals surface area contributed by atoms with E-state index < -0.39 is 0 Å². The van der Waals surface area contributed by atoms with E-state index in [1.807, 2.05) is 18.3 Å². The number of likely N-dealkylation sites (tertiary alicyclic amines) is 1. The topological polar surface area (TPSA) is 53.0 Å². The summed E-state index contributed by atoms with van der Waals surface area (Å²) in [6.07, 6.45) is 5.66. The summed E-state index contributed by atoms with van der Waals surface area (Å²) in [6.45, 7) is 14.6. The lowest BCUT2D eigenvalue weighted by atomic mass is 10.1. The molecule has 1 saturated heterocycles. The molecule has 1 N–H and O–H groups in total. The van der Waals surface area contributed by atoms with Crippen molar-refractivity contribution in [2.75, 3.05) is 45.9 Å². The Hall–Kier alpha value is -1.82. The second-order valence-electron chi connectivity index (χ2n) is 8.01. The van der Waals surface area contributed by atoms with E-state index in [2.05, 4.69) is 40.9 Å². The quantitative estimate of drug-likeness (QED) is 0.494. The van der Waals surface area contributed by atoms with Crippen LogP contribution < -0.4 is 10.1 Å². The second-order valence-corrected chi connectivity index (χ2v) is 8.01. The fourth-order valence-corrected chi connectivity index (χ4v) is 3.73. The lowest BCUT2D eigenvalue weighted by Crippen LogP contribution is -2.40. The van der Waals surface area contributed by atoms with Crippen LogP contribution in [-0.2, 0) is 6.54 Å². The second kappa shape index (κ2) is 10.6. The van der Waals surface area contributed by atoms with Gasteiger partial charge in [0.05, 0.1) is 13.2 Å². The number of hydrogen-bond acceptors (Lipinski definition) is 4. The van der Waals surface area contributed by atoms with Crippen molar-refractivity contribution in [2.24, 2.45) is 16.8 Å². The minimum atomic E-state index is 0.655. The third kappa shape index (κ3) is 6.36. The van der Waals surface area contributed by atoms with Crippen molar-refractivity contribution in [3.63, 3.8) is 0 Å². The summed E-state index contributed by atoms with van der Waals surface area (Å²) < 4.78 is 5.81. The monoisotopic (exact) mass is 387 g/mol. The summed E-state index contributed by atoms with van der Waals surface area (Å²) in [5, 5.41) is 3.48. The predicted octanol–water partition coefficient (Wildman–Crippen LogP) is 3.00. The Morgan fingerprint density at radius 2 is 2.07 bits per heavy atom. The van der Waals surface area contributed by atoms with Crippen LogP contribution in [-0.4, -0.2) is 66.6 Å². The van der Waals surface area contributed by atoms with Crippen LogP contribution in [0.15, 0.2) is 23.3 Å². The van der Waals surface area contributed by atoms with E-state index in [0.29, 0.717) is 6.54 Å². The highest BCUT2D eigenvalue weighted by atomic mass is 16.5. The summed E-state index contributed by atoms with van der Waals surface area (Å²) in [4.78, 5) is 14.2. The zero-order chi connectivity index (χ0) is 19.8. The maximum Gasteiger partial charge on any atom is 0.213 e. The van der Waals surface area contributed by atoms with E-state index in [9.17, 15) is 0 Å². The van der Waals surface area contributed by atoms with Crippen molar-refractivity contribution in [3.8, 4) is 5.88 Å². The van der Waals surface area contributed by atoms with Crippen molar-refractivity contribution >= 4 is 5.96 Å². The van der Waals surface area contributed by atoms with Gasteiger partial charge in [0.2, 0.25) is 5.88 Å². The van der Waals surface area contributed by atoms with Crippen molar-refractivity contribution in [1.82, 2.24) is 20.1 Å². The molecule has 28 heavy (non-hydrogen) atoms. The third-order valence-corrected chi connectivity index (χ3v) is 5.71. The van der Waals surface area contributed by atoms with Gasteiger partial charge in [-0.25, -0.2) is 9.98 Å². The fraction of sp³-hybridized carbons (Fsp3) is 0.727. The van der Waals surface area contributed by atoms with Gasteiger partial charge in [-0.1, -0.05) is 13.8 Å². The van der Waals surface area contributed by atoms with Crippen molar-refractivity contribution in [1.29, 1.82) is 0 Å². The van der Waals surface area contributed by atoms with Gasteiger partial charge in [0, 0.05) is 38.4 Å². The fourth-order valence-electron chi connectivity index (χ4n) is 3.73. The molecular weight excluding hydrogens is 350 g/mol. The normalized spacial score (nSPS) is 20.1. The Bertz CT molecular complexity index is 627. The molecule has 1 aliphatic carbocycles. The number of nitrogens with zero attached hydrogens (tertiary/aromatic N) is 4. The van der Waals surface area contributed by atoms with E-state index in [4.69, 9.17) is 9.73 Å². The zero-order valence-corrected chi connectivity index (χ0v) is 17.9. The molecule has 1 aromatic rings. The molecule has 156 valence electrons. The molecule has 3 rings (SSSR count). The molecule has 1 atom stereocenters. The van der Waals surface area contributed by atoms with Crippen LogP contribution in [0.1, 0.15) is 45.6 Å². The van der Waals surface area contributed by atoms with Crippen LogP contribution in [0.25, 0.3) is 0 Å². The molecule has 1 unspecified atom stereocenters. The zero-order valence-electron chi connectivity index (χ0n) is 17.9. The molecule has 6 heteroatoms. The number of ether oxygens (including phenoxy) is 1. The number of hydrogen-bond donors (Lipinski definition) is 1. The Balaban J connectivity index is 1.56. The average molecular weight is 388 g/mol. The molecule has 6 nitrogen and oxygen atoms in total. The first kappa shape index (κ1) is 20.9. The largest absolute Gasteiger partial charge is 0.477 e. The number of pyridine rings is 1. The smallest absolute Gasteiger partial charge is 0.213 e. The van der Waals surface area contributed by atoms with E-state index in [0.717, 1.165) is 68.6 Å². The van der Waals surface area contributed by atoms with E-state index in [1.165, 1.54) is 25.8 Å². The van der Waals surface area contributed by atoms with Gasteiger partial charge < -0.3 is 19.9 Å². The summed E-state index contributed by atoms with van der Waals surface area (Å²) >= 11 is 0. The predicted molar refractivity (Wildman–Crippen MR) is 115 cm³/mol. The Morgan fingerprint density at radius 3 is 2.79 bits per heavy atom. The molecular formula is C22H37N5O. The number of aliphatic imine (C=N–C) groups is 1. The third-order valence-electron chi connectivity index (χ3n) is 5.71. The van der Waals surface area contributed by atoms with Gasteiger partial charge in [0.1, 0.15) is 0 Å². The molecule has 2 heterocycles. The molecule has 0 spiro atoms. The summed E-state index contributed by atoms with van der Waals surface area (Å²) in [5.74, 6) is 3.22. The molecule has 1 aromatic heterocycles. The maximum atomic E-state index is 5.81. The van der Waals surface area contributed by atoms with Gasteiger partial charge in [-0.15, -0.1) is 0 Å². The average Bonchev–Trinajstić information content (AvgIpc) is 3.44. The summed E-state index contributed by atoms with van der Waals surface area (Å²) in [7, 11) is 0. The van der Waals surface area contributed by atoms with Crippen LogP contribution in [0.2, 0.25) is 0 Å². The Labute approximate surface area is 170 Å². The standard InChI is InChI=1S/C22H37N5O/c1-4-23-22(27-12-10-20(16-27)15-26(5-2)6-3)25-14-19-9-11-24-21(13-19)28-17-18-7-8-18/h9,11,13,18,20H,4-8,10,12,14-17H2,1-3H3,(H,23,25). The molecule has 0 bridgehead atoms. The molecule has 0 amide bonds. The molecule has 1 aliphatic heterocycles. The number of rotatable bonds is 10. The van der Waals surface area contributed by atoms with Crippen LogP contribution in [0.5, 0.6) is 5.88 Å². The lowest BCUT2D eigenvalue weighted by molar-refractivity contribution is 0.255. The highest BCUT2D eigenvalue weighted by molar-refractivity contribution is 5.80. The van der Waals surface area contributed by atoms with Crippen LogP contribution in [0.4, 0.5) is 0 Å². The van der Waals surface area contributed by atoms with Gasteiger partial charge in [0.25, 0.3) is 0 Å². The van der Waals surface area contributed by atoms with E-state index >= 15 is 0 Å². The maximum absolute atomic E-state index is 5.81. The van der Waals surface area contributed by atoms with Gasteiger partial charge in [-0.05, 0) is 62.7 Å². The first-order valence-corrected chi connectivity index (χ1v) is 11.0. The Kier molecular flexibility index (Phi) is 7.95. The van der Waals surface area contributed by atoms with Gasteiger partial charge >= 0.3 is 0 Å². The van der Waals surface area contributed by atoms with Crippen molar-refractivity contribution in [3.05, 3.63) is 23.9 Å². The minimum absolute atomic E-state index is 0.655. The summed E-state index contributed by atoms with van der Waals surface area (Å²) in [6, 6.07) is 4.06. The highest BCUT2D eigenvalue weighted by Gasteiger charge is 2.26. The minimum Gasteiger partial charge on any atom is -0.477 e. The van der Waals surface area contributed by atoms with Gasteiger partial charge in [0.15, 0.2) is 5.96 Å². The molecule has 2 aliphatic rings. The summed E-state index contributed by atoms with van der Waals surface area (Å²) in [5.41, 5.74) is 1.15. The number of nitrogens with one attached hydrogen (secondary N) is 1. The van der Waals surface area contributed by atoms with E-state index in [-0.39, 0.29) is 0 Å². The van der Waals surface area contributed by atoms with Crippen molar-refractivity contribution < 1.29 is 4.74 Å². The first-order chi connectivity index (χ1) is 13.7. The SMILES string of the molecule is CCNC(=NCc1ccnc(OCC2CC2)c1)N1CCC(CN(CC)CC)C1. The number of aromatic nitrogens is 1. The van der Waals surface area contributed by atoms with Crippen LogP contribution in [0, 0.1) is 11.8 Å².